The Kier molecular flexibility index (Phi) is 5.13. The van der Waals surface area contributed by atoms with E-state index in [4.69, 9.17) is 0 Å². The Morgan fingerprint density at radius 1 is 1.23 bits per heavy atom. The van der Waals surface area contributed by atoms with E-state index < -0.39 is 17.4 Å². The highest BCUT2D eigenvalue weighted by molar-refractivity contribution is 6.39. The normalized spacial score (nSPS) is 16.9. The van der Waals surface area contributed by atoms with Gasteiger partial charge in [0.1, 0.15) is 5.82 Å². The van der Waals surface area contributed by atoms with E-state index in [0.29, 0.717) is 24.1 Å². The molecule has 1 aliphatic carbocycles. The van der Waals surface area contributed by atoms with E-state index in [1.54, 1.807) is 6.92 Å². The second-order valence-electron chi connectivity index (χ2n) is 5.89. The standard InChI is InChI=1S/C16H21FN2O3/c1-11-9-12(5-6-13(11)17)19-15(21)14(20)18-10-16(22)7-3-2-4-8-16/h5-6,9,22H,2-4,7-8,10H2,1H3,(H,18,20)(H,19,21). The summed E-state index contributed by atoms with van der Waals surface area (Å²) in [5.74, 6) is -2.01. The molecule has 120 valence electrons. The molecule has 1 aromatic rings. The average molecular weight is 308 g/mol. The molecule has 1 aromatic carbocycles. The molecule has 22 heavy (non-hydrogen) atoms. The van der Waals surface area contributed by atoms with Crippen LogP contribution in [-0.2, 0) is 9.59 Å². The zero-order valence-corrected chi connectivity index (χ0v) is 12.6. The number of carbonyl (C=O) groups is 2. The van der Waals surface area contributed by atoms with Crippen LogP contribution in [-0.4, -0.2) is 29.1 Å². The molecule has 1 aliphatic rings. The lowest BCUT2D eigenvalue weighted by molar-refractivity contribution is -0.137. The molecule has 2 rings (SSSR count). The molecule has 0 saturated heterocycles. The van der Waals surface area contributed by atoms with Crippen molar-refractivity contribution < 1.29 is 19.1 Å². The maximum Gasteiger partial charge on any atom is 0.313 e. The van der Waals surface area contributed by atoms with Crippen molar-refractivity contribution in [2.45, 2.75) is 44.6 Å². The number of hydrogen-bond acceptors (Lipinski definition) is 3. The Balaban J connectivity index is 1.86. The molecule has 0 radical (unpaired) electrons. The highest BCUT2D eigenvalue weighted by Crippen LogP contribution is 2.27. The van der Waals surface area contributed by atoms with Crippen LogP contribution in [0, 0.1) is 12.7 Å². The molecule has 3 N–H and O–H groups in total. The predicted octanol–water partition coefficient (Wildman–Crippen LogP) is 1.88. The zero-order chi connectivity index (χ0) is 16.2. The highest BCUT2D eigenvalue weighted by atomic mass is 19.1. The van der Waals surface area contributed by atoms with Crippen molar-refractivity contribution in [2.24, 2.45) is 0 Å². The number of anilines is 1. The number of nitrogens with one attached hydrogen (secondary N) is 2. The van der Waals surface area contributed by atoms with Crippen LogP contribution >= 0.6 is 0 Å². The number of carbonyl (C=O) groups excluding carboxylic acids is 2. The van der Waals surface area contributed by atoms with Gasteiger partial charge in [-0.3, -0.25) is 9.59 Å². The zero-order valence-electron chi connectivity index (χ0n) is 12.6. The van der Waals surface area contributed by atoms with Crippen molar-refractivity contribution in [1.82, 2.24) is 5.32 Å². The lowest BCUT2D eigenvalue weighted by atomic mass is 9.85. The Labute approximate surface area is 128 Å². The Bertz CT molecular complexity index is 569. The van der Waals surface area contributed by atoms with Gasteiger partial charge in [-0.05, 0) is 43.5 Å². The lowest BCUT2D eigenvalue weighted by Crippen LogP contribution is -2.47. The monoisotopic (exact) mass is 308 g/mol. The summed E-state index contributed by atoms with van der Waals surface area (Å²) in [7, 11) is 0. The number of rotatable bonds is 3. The molecule has 5 nitrogen and oxygen atoms in total. The first-order valence-electron chi connectivity index (χ1n) is 7.47. The summed E-state index contributed by atoms with van der Waals surface area (Å²) in [6.45, 7) is 1.64. The second-order valence-corrected chi connectivity index (χ2v) is 5.89. The van der Waals surface area contributed by atoms with Crippen LogP contribution in [0.4, 0.5) is 10.1 Å². The Hall–Kier alpha value is -1.95. The molecule has 2 amide bonds. The summed E-state index contributed by atoms with van der Waals surface area (Å²) in [6.07, 6.45) is 4.19. The first-order chi connectivity index (χ1) is 10.4. The molecule has 0 aromatic heterocycles. The minimum atomic E-state index is -0.916. The lowest BCUT2D eigenvalue weighted by Gasteiger charge is -2.31. The van der Waals surface area contributed by atoms with E-state index in [1.165, 1.54) is 18.2 Å². The summed E-state index contributed by atoms with van der Waals surface area (Å²) in [4.78, 5) is 23.6. The fourth-order valence-corrected chi connectivity index (χ4v) is 2.62. The summed E-state index contributed by atoms with van der Waals surface area (Å²) in [6, 6.07) is 4.07. The largest absolute Gasteiger partial charge is 0.388 e. The maximum absolute atomic E-state index is 13.1. The van der Waals surface area contributed by atoms with Gasteiger partial charge in [0.2, 0.25) is 0 Å². The van der Waals surface area contributed by atoms with Crippen molar-refractivity contribution in [1.29, 1.82) is 0 Å². The quantitative estimate of drug-likeness (QED) is 0.746. The van der Waals surface area contributed by atoms with Crippen LogP contribution in [0.15, 0.2) is 18.2 Å². The third-order valence-corrected chi connectivity index (χ3v) is 3.98. The van der Waals surface area contributed by atoms with Crippen LogP contribution in [0.25, 0.3) is 0 Å². The highest BCUT2D eigenvalue weighted by Gasteiger charge is 2.30. The fourth-order valence-electron chi connectivity index (χ4n) is 2.62. The molecular weight excluding hydrogens is 287 g/mol. The molecule has 0 aliphatic heterocycles. The molecule has 6 heteroatoms. The first kappa shape index (κ1) is 16.4. The van der Waals surface area contributed by atoms with Gasteiger partial charge in [0.25, 0.3) is 0 Å². The number of halogens is 1. The van der Waals surface area contributed by atoms with Gasteiger partial charge >= 0.3 is 11.8 Å². The van der Waals surface area contributed by atoms with Crippen molar-refractivity contribution in [3.8, 4) is 0 Å². The molecule has 0 unspecified atom stereocenters. The summed E-state index contributed by atoms with van der Waals surface area (Å²) < 4.78 is 13.1. The second kappa shape index (κ2) is 6.87. The van der Waals surface area contributed by atoms with E-state index in [1.807, 2.05) is 0 Å². The SMILES string of the molecule is Cc1cc(NC(=O)C(=O)NCC2(O)CCCCC2)ccc1F. The summed E-state index contributed by atoms with van der Waals surface area (Å²) in [5.41, 5.74) is -0.175. The summed E-state index contributed by atoms with van der Waals surface area (Å²) in [5, 5.41) is 15.1. The first-order valence-corrected chi connectivity index (χ1v) is 7.47. The molecule has 1 saturated carbocycles. The van der Waals surface area contributed by atoms with E-state index in [0.717, 1.165) is 19.3 Å². The third kappa shape index (κ3) is 4.27. The smallest absolute Gasteiger partial charge is 0.313 e. The van der Waals surface area contributed by atoms with E-state index in [2.05, 4.69) is 10.6 Å². The van der Waals surface area contributed by atoms with Gasteiger partial charge in [0.15, 0.2) is 0 Å². The maximum atomic E-state index is 13.1. The van der Waals surface area contributed by atoms with E-state index in [9.17, 15) is 19.1 Å². The van der Waals surface area contributed by atoms with E-state index in [-0.39, 0.29) is 12.4 Å². The van der Waals surface area contributed by atoms with Crippen LogP contribution in [0.5, 0.6) is 0 Å². The van der Waals surface area contributed by atoms with E-state index >= 15 is 0 Å². The van der Waals surface area contributed by atoms with Gasteiger partial charge in [-0.15, -0.1) is 0 Å². The number of aryl methyl sites for hydroxylation is 1. The van der Waals surface area contributed by atoms with Crippen molar-refractivity contribution >= 4 is 17.5 Å². The molecule has 0 atom stereocenters. The van der Waals surface area contributed by atoms with Crippen LogP contribution in [0.3, 0.4) is 0 Å². The molecule has 0 heterocycles. The van der Waals surface area contributed by atoms with Crippen molar-refractivity contribution in [3.63, 3.8) is 0 Å². The van der Waals surface area contributed by atoms with Gasteiger partial charge in [0, 0.05) is 12.2 Å². The minimum absolute atomic E-state index is 0.0711. The number of hydrogen-bond donors (Lipinski definition) is 3. The molecular formula is C16H21FN2O3. The van der Waals surface area contributed by atoms with Gasteiger partial charge in [-0.25, -0.2) is 4.39 Å². The topological polar surface area (TPSA) is 78.4 Å². The van der Waals surface area contributed by atoms with Crippen LogP contribution in [0.1, 0.15) is 37.7 Å². The van der Waals surface area contributed by atoms with Gasteiger partial charge in [-0.2, -0.15) is 0 Å². The predicted molar refractivity (Wildman–Crippen MR) is 80.8 cm³/mol. The average Bonchev–Trinajstić information content (AvgIpc) is 2.49. The van der Waals surface area contributed by atoms with Crippen molar-refractivity contribution in [2.75, 3.05) is 11.9 Å². The number of benzene rings is 1. The minimum Gasteiger partial charge on any atom is -0.388 e. The molecule has 0 spiro atoms. The van der Waals surface area contributed by atoms with Gasteiger partial charge in [0.05, 0.1) is 5.60 Å². The molecule has 0 bridgehead atoms. The fraction of sp³-hybridized carbons (Fsp3) is 0.500. The summed E-state index contributed by atoms with van der Waals surface area (Å²) >= 11 is 0. The van der Waals surface area contributed by atoms with Crippen LogP contribution in [0.2, 0.25) is 0 Å². The molecule has 1 fully saturated rings. The van der Waals surface area contributed by atoms with Gasteiger partial charge in [-0.1, -0.05) is 19.3 Å². The number of aliphatic hydroxyl groups is 1. The van der Waals surface area contributed by atoms with Crippen LogP contribution < -0.4 is 10.6 Å². The number of amides is 2. The van der Waals surface area contributed by atoms with Crippen molar-refractivity contribution in [3.05, 3.63) is 29.6 Å². The Morgan fingerprint density at radius 3 is 2.55 bits per heavy atom. The third-order valence-electron chi connectivity index (χ3n) is 3.98. The van der Waals surface area contributed by atoms with Gasteiger partial charge < -0.3 is 15.7 Å². The Morgan fingerprint density at radius 2 is 1.91 bits per heavy atom.